The van der Waals surface area contributed by atoms with Crippen molar-refractivity contribution in [3.05, 3.63) is 83.7 Å². The zero-order chi connectivity index (χ0) is 20.5. The Morgan fingerprint density at radius 3 is 2.45 bits per heavy atom. The zero-order valence-electron chi connectivity index (χ0n) is 16.6. The first-order valence-corrected chi connectivity index (χ1v) is 9.26. The summed E-state index contributed by atoms with van der Waals surface area (Å²) in [6.07, 6.45) is 3.73. The van der Waals surface area contributed by atoms with Crippen LogP contribution in [0, 0.1) is 0 Å². The molecule has 0 aliphatic rings. The fourth-order valence-electron chi connectivity index (χ4n) is 2.81. The van der Waals surface area contributed by atoms with Crippen molar-refractivity contribution in [2.24, 2.45) is 0 Å². The lowest BCUT2D eigenvalue weighted by Gasteiger charge is -2.11. The Balaban J connectivity index is 1.50. The molecule has 0 bridgehead atoms. The molecule has 1 N–H and O–H groups in total. The summed E-state index contributed by atoms with van der Waals surface area (Å²) in [5, 5.41) is 2.93. The van der Waals surface area contributed by atoms with Crippen LogP contribution in [-0.2, 0) is 24.4 Å². The van der Waals surface area contributed by atoms with Crippen LogP contribution in [0.1, 0.15) is 16.7 Å². The van der Waals surface area contributed by atoms with Gasteiger partial charge in [0.25, 0.3) is 0 Å². The summed E-state index contributed by atoms with van der Waals surface area (Å²) in [6, 6.07) is 16.9. The Kier molecular flexibility index (Phi) is 7.05. The molecule has 0 fully saturated rings. The Morgan fingerprint density at radius 2 is 1.76 bits per heavy atom. The molecular formula is C23H24N2O4. The smallest absolute Gasteiger partial charge is 0.224 e. The number of amides is 1. The van der Waals surface area contributed by atoms with E-state index in [9.17, 15) is 4.79 Å². The first-order chi connectivity index (χ1) is 14.2. The van der Waals surface area contributed by atoms with Crippen LogP contribution in [0.2, 0.25) is 0 Å². The fraction of sp³-hybridized carbons (Fsp3) is 0.217. The Hall–Kier alpha value is -3.54. The largest absolute Gasteiger partial charge is 0.497 e. The molecule has 6 heteroatoms. The highest BCUT2D eigenvalue weighted by Gasteiger charge is 2.10. The lowest BCUT2D eigenvalue weighted by Crippen LogP contribution is -2.24. The van der Waals surface area contributed by atoms with Crippen LogP contribution in [0.15, 0.2) is 67.0 Å². The molecule has 0 saturated heterocycles. The molecule has 150 valence electrons. The van der Waals surface area contributed by atoms with Crippen molar-refractivity contribution in [2.75, 3.05) is 14.2 Å². The minimum atomic E-state index is -0.0894. The van der Waals surface area contributed by atoms with Gasteiger partial charge in [0.05, 0.1) is 20.6 Å². The third-order valence-electron chi connectivity index (χ3n) is 4.38. The van der Waals surface area contributed by atoms with Crippen LogP contribution in [0.5, 0.6) is 17.2 Å². The number of benzene rings is 2. The molecule has 6 nitrogen and oxygen atoms in total. The van der Waals surface area contributed by atoms with E-state index in [0.29, 0.717) is 24.7 Å². The highest BCUT2D eigenvalue weighted by atomic mass is 16.5. The van der Waals surface area contributed by atoms with Crippen LogP contribution in [0.4, 0.5) is 0 Å². The van der Waals surface area contributed by atoms with Crippen molar-refractivity contribution >= 4 is 5.91 Å². The third-order valence-corrected chi connectivity index (χ3v) is 4.38. The maximum absolute atomic E-state index is 12.3. The highest BCUT2D eigenvalue weighted by Crippen LogP contribution is 2.24. The summed E-state index contributed by atoms with van der Waals surface area (Å²) in [5.74, 6) is 2.03. The lowest BCUT2D eigenvalue weighted by atomic mass is 10.1. The van der Waals surface area contributed by atoms with E-state index in [1.165, 1.54) is 0 Å². The second kappa shape index (κ2) is 10.1. The number of nitrogens with one attached hydrogen (secondary N) is 1. The molecular weight excluding hydrogens is 368 g/mol. The SMILES string of the molecule is COc1ccc(OC)c(CC(=O)NCc2ccc(OCc3cccnc3)cc2)c1. The van der Waals surface area contributed by atoms with Gasteiger partial charge in [-0.15, -0.1) is 0 Å². The van der Waals surface area contributed by atoms with Gasteiger partial charge in [0.1, 0.15) is 23.9 Å². The van der Waals surface area contributed by atoms with Crippen molar-refractivity contribution < 1.29 is 19.0 Å². The van der Waals surface area contributed by atoms with E-state index in [4.69, 9.17) is 14.2 Å². The van der Waals surface area contributed by atoms with Crippen LogP contribution >= 0.6 is 0 Å². The third kappa shape index (κ3) is 5.97. The molecule has 1 aromatic heterocycles. The standard InChI is InChI=1S/C23H24N2O4/c1-27-21-9-10-22(28-2)19(12-21)13-23(26)25-15-17-5-7-20(8-6-17)29-16-18-4-3-11-24-14-18/h3-12,14H,13,15-16H2,1-2H3,(H,25,26). The number of ether oxygens (including phenoxy) is 3. The maximum atomic E-state index is 12.3. The lowest BCUT2D eigenvalue weighted by molar-refractivity contribution is -0.120. The van der Waals surface area contributed by atoms with Crippen LogP contribution in [-0.4, -0.2) is 25.1 Å². The van der Waals surface area contributed by atoms with Crippen molar-refractivity contribution in [3.63, 3.8) is 0 Å². The molecule has 0 atom stereocenters. The van der Waals surface area contributed by atoms with Crippen molar-refractivity contribution in [1.29, 1.82) is 0 Å². The van der Waals surface area contributed by atoms with Gasteiger partial charge >= 0.3 is 0 Å². The molecule has 0 spiro atoms. The number of hydrogen-bond acceptors (Lipinski definition) is 5. The van der Waals surface area contributed by atoms with Crippen LogP contribution < -0.4 is 19.5 Å². The number of carbonyl (C=O) groups excluding carboxylic acids is 1. The minimum Gasteiger partial charge on any atom is -0.497 e. The number of methoxy groups -OCH3 is 2. The molecule has 1 heterocycles. The van der Waals surface area contributed by atoms with Gasteiger partial charge in [-0.2, -0.15) is 0 Å². The van der Waals surface area contributed by atoms with E-state index in [0.717, 1.165) is 22.4 Å². The van der Waals surface area contributed by atoms with Crippen molar-refractivity contribution in [3.8, 4) is 17.2 Å². The molecule has 0 unspecified atom stereocenters. The summed E-state index contributed by atoms with van der Waals surface area (Å²) in [7, 11) is 3.18. The number of rotatable bonds is 9. The number of aromatic nitrogens is 1. The molecule has 0 aliphatic carbocycles. The van der Waals surface area contributed by atoms with E-state index in [1.54, 1.807) is 38.7 Å². The topological polar surface area (TPSA) is 69.7 Å². The normalized spacial score (nSPS) is 10.3. The van der Waals surface area contributed by atoms with E-state index in [-0.39, 0.29) is 12.3 Å². The summed E-state index contributed by atoms with van der Waals surface area (Å²) in [6.45, 7) is 0.903. The van der Waals surface area contributed by atoms with Gasteiger partial charge in [0.15, 0.2) is 0 Å². The number of carbonyl (C=O) groups is 1. The van der Waals surface area contributed by atoms with Crippen molar-refractivity contribution in [1.82, 2.24) is 10.3 Å². The second-order valence-corrected chi connectivity index (χ2v) is 6.43. The Morgan fingerprint density at radius 1 is 0.966 bits per heavy atom. The van der Waals surface area contributed by atoms with Gasteiger partial charge in [-0.1, -0.05) is 18.2 Å². The van der Waals surface area contributed by atoms with E-state index in [2.05, 4.69) is 10.3 Å². The molecule has 1 amide bonds. The van der Waals surface area contributed by atoms with Gasteiger partial charge in [-0.05, 0) is 42.0 Å². The van der Waals surface area contributed by atoms with Gasteiger partial charge in [0.2, 0.25) is 5.91 Å². The average Bonchev–Trinajstić information content (AvgIpc) is 2.77. The summed E-state index contributed by atoms with van der Waals surface area (Å²) < 4.78 is 16.3. The number of hydrogen-bond donors (Lipinski definition) is 1. The average molecular weight is 392 g/mol. The molecule has 0 aliphatic heterocycles. The van der Waals surface area contributed by atoms with E-state index >= 15 is 0 Å². The molecule has 2 aromatic carbocycles. The summed E-state index contributed by atoms with van der Waals surface area (Å²) in [4.78, 5) is 16.4. The fourth-order valence-corrected chi connectivity index (χ4v) is 2.81. The molecule has 3 rings (SSSR count). The molecule has 3 aromatic rings. The monoisotopic (exact) mass is 392 g/mol. The van der Waals surface area contributed by atoms with E-state index < -0.39 is 0 Å². The van der Waals surface area contributed by atoms with Crippen LogP contribution in [0.3, 0.4) is 0 Å². The highest BCUT2D eigenvalue weighted by molar-refractivity contribution is 5.79. The first-order valence-electron chi connectivity index (χ1n) is 9.26. The van der Waals surface area contributed by atoms with Crippen LogP contribution in [0.25, 0.3) is 0 Å². The van der Waals surface area contributed by atoms with Gasteiger partial charge in [-0.25, -0.2) is 0 Å². The zero-order valence-corrected chi connectivity index (χ0v) is 16.6. The van der Waals surface area contributed by atoms with E-state index in [1.807, 2.05) is 42.5 Å². The maximum Gasteiger partial charge on any atom is 0.224 e. The van der Waals surface area contributed by atoms with Crippen molar-refractivity contribution in [2.45, 2.75) is 19.6 Å². The quantitative estimate of drug-likeness (QED) is 0.603. The predicted octanol–water partition coefficient (Wildman–Crippen LogP) is 3.54. The van der Waals surface area contributed by atoms with Gasteiger partial charge in [0, 0.05) is 30.1 Å². The molecule has 29 heavy (non-hydrogen) atoms. The predicted molar refractivity (Wildman–Crippen MR) is 110 cm³/mol. The number of nitrogens with zero attached hydrogens (tertiary/aromatic N) is 1. The van der Waals surface area contributed by atoms with Gasteiger partial charge in [-0.3, -0.25) is 9.78 Å². The minimum absolute atomic E-state index is 0.0894. The second-order valence-electron chi connectivity index (χ2n) is 6.43. The van der Waals surface area contributed by atoms with Gasteiger partial charge < -0.3 is 19.5 Å². The molecule has 0 saturated carbocycles. The molecule has 0 radical (unpaired) electrons. The Labute approximate surface area is 170 Å². The first kappa shape index (κ1) is 20.2. The summed E-state index contributed by atoms with van der Waals surface area (Å²) in [5.41, 5.74) is 2.78. The summed E-state index contributed by atoms with van der Waals surface area (Å²) >= 11 is 0. The Bertz CT molecular complexity index is 927. The number of pyridine rings is 1.